The molecule has 0 saturated heterocycles. The van der Waals surface area contributed by atoms with Crippen LogP contribution in [0.15, 0.2) is 78.4 Å². The van der Waals surface area contributed by atoms with E-state index in [-0.39, 0.29) is 0 Å². The van der Waals surface area contributed by atoms with Crippen LogP contribution in [0.1, 0.15) is 36.3 Å². The molecule has 0 radical (unpaired) electrons. The summed E-state index contributed by atoms with van der Waals surface area (Å²) in [6, 6.07) is 26.7. The van der Waals surface area contributed by atoms with Gasteiger partial charge >= 0.3 is 0 Å². The van der Waals surface area contributed by atoms with Crippen LogP contribution in [0.5, 0.6) is 0 Å². The summed E-state index contributed by atoms with van der Waals surface area (Å²) in [5.41, 5.74) is 6.29. The molecule has 0 nitrogen and oxygen atoms in total. The third kappa shape index (κ3) is 1.98. The summed E-state index contributed by atoms with van der Waals surface area (Å²) in [7, 11) is 0. The van der Waals surface area contributed by atoms with Crippen molar-refractivity contribution >= 4 is 16.3 Å². The number of hydrogen-bond acceptors (Lipinski definition) is 0. The third-order valence-corrected chi connectivity index (χ3v) is 5.73. The van der Waals surface area contributed by atoms with Crippen LogP contribution in [0.3, 0.4) is 0 Å². The highest BCUT2D eigenvalue weighted by Gasteiger charge is 2.40. The fourth-order valence-corrected chi connectivity index (χ4v) is 4.80. The van der Waals surface area contributed by atoms with Gasteiger partial charge < -0.3 is 0 Å². The lowest BCUT2D eigenvalue weighted by atomic mass is 9.77. The van der Waals surface area contributed by atoms with Crippen molar-refractivity contribution < 1.29 is 0 Å². The standard InChI is InChI=1S/C23H20/c1-2-8-17(9-3-1)22-18-13-14-19(15-18)23(22)21-12-6-10-16-7-4-5-11-20(16)21/h1-12,19,23H,13-15H2. The summed E-state index contributed by atoms with van der Waals surface area (Å²) in [6.45, 7) is 0. The van der Waals surface area contributed by atoms with Gasteiger partial charge in [-0.2, -0.15) is 0 Å². The first-order valence-electron chi connectivity index (χ1n) is 8.67. The molecule has 112 valence electrons. The first kappa shape index (κ1) is 13.1. The van der Waals surface area contributed by atoms with Crippen molar-refractivity contribution in [2.75, 3.05) is 0 Å². The Morgan fingerprint density at radius 3 is 2.43 bits per heavy atom. The van der Waals surface area contributed by atoms with Crippen LogP contribution in [-0.2, 0) is 0 Å². The predicted octanol–water partition coefficient (Wildman–Crippen LogP) is 6.19. The summed E-state index contributed by atoms with van der Waals surface area (Å²) in [5.74, 6) is 1.37. The van der Waals surface area contributed by atoms with Crippen LogP contribution in [0, 0.1) is 5.92 Å². The van der Waals surface area contributed by atoms with E-state index in [0.29, 0.717) is 5.92 Å². The van der Waals surface area contributed by atoms with Gasteiger partial charge in [0, 0.05) is 5.92 Å². The summed E-state index contributed by atoms with van der Waals surface area (Å²) in [4.78, 5) is 0. The maximum atomic E-state index is 2.36. The molecule has 2 bridgehead atoms. The van der Waals surface area contributed by atoms with Crippen molar-refractivity contribution in [3.8, 4) is 0 Å². The van der Waals surface area contributed by atoms with Gasteiger partial charge in [0.25, 0.3) is 0 Å². The maximum Gasteiger partial charge on any atom is 0.0132 e. The molecule has 0 aliphatic heterocycles. The number of benzene rings is 3. The van der Waals surface area contributed by atoms with Crippen LogP contribution in [0.2, 0.25) is 0 Å². The van der Waals surface area contributed by atoms with Gasteiger partial charge in [-0.15, -0.1) is 0 Å². The Balaban J connectivity index is 1.73. The lowest BCUT2D eigenvalue weighted by Gasteiger charge is -2.27. The van der Waals surface area contributed by atoms with E-state index < -0.39 is 0 Å². The van der Waals surface area contributed by atoms with Gasteiger partial charge in [0.1, 0.15) is 0 Å². The molecule has 5 rings (SSSR count). The van der Waals surface area contributed by atoms with Gasteiger partial charge in [-0.05, 0) is 52.7 Å². The molecule has 23 heavy (non-hydrogen) atoms. The highest BCUT2D eigenvalue weighted by Crippen LogP contribution is 2.57. The van der Waals surface area contributed by atoms with E-state index in [4.69, 9.17) is 0 Å². The Morgan fingerprint density at radius 1 is 0.739 bits per heavy atom. The zero-order valence-electron chi connectivity index (χ0n) is 13.2. The molecule has 3 aromatic rings. The minimum absolute atomic E-state index is 0.576. The zero-order chi connectivity index (χ0) is 15.2. The molecule has 0 N–H and O–H groups in total. The highest BCUT2D eigenvalue weighted by molar-refractivity contribution is 5.90. The van der Waals surface area contributed by atoms with Gasteiger partial charge in [0.15, 0.2) is 0 Å². The van der Waals surface area contributed by atoms with Gasteiger partial charge in [0.05, 0.1) is 0 Å². The molecule has 0 heterocycles. The molecule has 2 atom stereocenters. The van der Waals surface area contributed by atoms with Crippen molar-refractivity contribution in [2.45, 2.75) is 25.2 Å². The van der Waals surface area contributed by atoms with Crippen molar-refractivity contribution in [1.82, 2.24) is 0 Å². The van der Waals surface area contributed by atoms with E-state index >= 15 is 0 Å². The Hall–Kier alpha value is -2.34. The molecular weight excluding hydrogens is 276 g/mol. The maximum absolute atomic E-state index is 2.36. The van der Waals surface area contributed by atoms with Gasteiger partial charge in [-0.1, -0.05) is 78.4 Å². The first-order chi connectivity index (χ1) is 11.4. The first-order valence-corrected chi connectivity index (χ1v) is 8.67. The van der Waals surface area contributed by atoms with Gasteiger partial charge in [-0.3, -0.25) is 0 Å². The monoisotopic (exact) mass is 296 g/mol. The van der Waals surface area contributed by atoms with E-state index in [2.05, 4.69) is 72.8 Å². The Labute approximate surface area is 137 Å². The molecule has 3 aromatic carbocycles. The Kier molecular flexibility index (Phi) is 2.91. The Bertz CT molecular complexity index is 896. The molecule has 2 unspecified atom stereocenters. The van der Waals surface area contributed by atoms with Crippen molar-refractivity contribution in [1.29, 1.82) is 0 Å². The van der Waals surface area contributed by atoms with Crippen LogP contribution >= 0.6 is 0 Å². The van der Waals surface area contributed by atoms with Crippen LogP contribution in [0.4, 0.5) is 0 Å². The Morgan fingerprint density at radius 2 is 1.52 bits per heavy atom. The summed E-state index contributed by atoms with van der Waals surface area (Å²) >= 11 is 0. The second-order valence-corrected chi connectivity index (χ2v) is 6.93. The quantitative estimate of drug-likeness (QED) is 0.529. The second-order valence-electron chi connectivity index (χ2n) is 6.93. The molecule has 1 fully saturated rings. The molecule has 0 heteroatoms. The summed E-state index contributed by atoms with van der Waals surface area (Å²) in [6.07, 6.45) is 3.97. The number of fused-ring (bicyclic) bond motifs is 3. The molecule has 0 amide bonds. The van der Waals surface area contributed by atoms with E-state index in [0.717, 1.165) is 5.92 Å². The number of rotatable bonds is 2. The summed E-state index contributed by atoms with van der Waals surface area (Å²) in [5, 5.41) is 2.80. The van der Waals surface area contributed by atoms with E-state index in [1.54, 1.807) is 11.1 Å². The second kappa shape index (κ2) is 5.09. The SMILES string of the molecule is c1ccc(C2=C3CCC(C3)C2c2cccc3ccccc23)cc1. The van der Waals surface area contributed by atoms with E-state index in [1.165, 1.54) is 41.2 Å². The molecule has 2 aliphatic rings. The normalized spacial score (nSPS) is 23.0. The van der Waals surface area contributed by atoms with Crippen molar-refractivity contribution in [3.63, 3.8) is 0 Å². The van der Waals surface area contributed by atoms with E-state index in [9.17, 15) is 0 Å². The minimum atomic E-state index is 0.576. The smallest absolute Gasteiger partial charge is 0.0132 e. The highest BCUT2D eigenvalue weighted by atomic mass is 14.4. The van der Waals surface area contributed by atoms with E-state index in [1.807, 2.05) is 0 Å². The van der Waals surface area contributed by atoms with Crippen molar-refractivity contribution in [3.05, 3.63) is 89.5 Å². The zero-order valence-corrected chi connectivity index (χ0v) is 13.2. The van der Waals surface area contributed by atoms with Crippen LogP contribution in [-0.4, -0.2) is 0 Å². The molecule has 0 aromatic heterocycles. The fraction of sp³-hybridized carbons (Fsp3) is 0.217. The molecular formula is C23H20. The minimum Gasteiger partial charge on any atom is -0.0655 e. The molecule has 1 saturated carbocycles. The van der Waals surface area contributed by atoms with Crippen molar-refractivity contribution in [2.24, 2.45) is 5.92 Å². The lowest BCUT2D eigenvalue weighted by Crippen LogP contribution is -2.11. The average Bonchev–Trinajstić information content (AvgIpc) is 3.23. The number of hydrogen-bond donors (Lipinski definition) is 0. The summed E-state index contributed by atoms with van der Waals surface area (Å²) < 4.78 is 0. The van der Waals surface area contributed by atoms with Gasteiger partial charge in [0.2, 0.25) is 0 Å². The topological polar surface area (TPSA) is 0 Å². The molecule has 0 spiro atoms. The fourth-order valence-electron chi connectivity index (χ4n) is 4.80. The molecule has 2 aliphatic carbocycles. The lowest BCUT2D eigenvalue weighted by molar-refractivity contribution is 0.522. The van der Waals surface area contributed by atoms with Crippen LogP contribution in [0.25, 0.3) is 16.3 Å². The van der Waals surface area contributed by atoms with Gasteiger partial charge in [-0.25, -0.2) is 0 Å². The largest absolute Gasteiger partial charge is 0.0655 e. The number of allylic oxidation sites excluding steroid dienone is 2. The third-order valence-electron chi connectivity index (χ3n) is 5.73. The average molecular weight is 296 g/mol. The van der Waals surface area contributed by atoms with Crippen LogP contribution < -0.4 is 0 Å². The predicted molar refractivity (Wildman–Crippen MR) is 97.4 cm³/mol.